The average Bonchev–Trinajstić information content (AvgIpc) is 2.74. The Bertz CT molecular complexity index is 685. The van der Waals surface area contributed by atoms with E-state index in [1.807, 2.05) is 32.0 Å². The van der Waals surface area contributed by atoms with E-state index in [1.165, 1.54) is 17.7 Å². The van der Waals surface area contributed by atoms with Crippen LogP contribution in [0.4, 0.5) is 4.39 Å². The second kappa shape index (κ2) is 11.6. The molecule has 152 valence electrons. The van der Waals surface area contributed by atoms with Gasteiger partial charge in [0.25, 0.3) is 0 Å². The van der Waals surface area contributed by atoms with Crippen molar-refractivity contribution in [1.82, 2.24) is 0 Å². The van der Waals surface area contributed by atoms with Crippen molar-refractivity contribution < 1.29 is 18.7 Å². The van der Waals surface area contributed by atoms with Gasteiger partial charge < -0.3 is 15.2 Å². The van der Waals surface area contributed by atoms with E-state index >= 15 is 0 Å². The van der Waals surface area contributed by atoms with E-state index < -0.39 is 6.04 Å². The number of carbonyl (C=O) groups excluding carboxylic acids is 1. The van der Waals surface area contributed by atoms with Crippen LogP contribution in [0.5, 0.6) is 0 Å². The zero-order chi connectivity index (χ0) is 20.4. The van der Waals surface area contributed by atoms with E-state index in [-0.39, 0.29) is 24.0 Å². The van der Waals surface area contributed by atoms with E-state index in [9.17, 15) is 9.18 Å². The fraction of sp³-hybridized carbons (Fsp3) is 0.435. The summed E-state index contributed by atoms with van der Waals surface area (Å²) in [7, 11) is 0. The van der Waals surface area contributed by atoms with Gasteiger partial charge >= 0.3 is 5.97 Å². The number of nitrogens with two attached hydrogens (primary N) is 1. The summed E-state index contributed by atoms with van der Waals surface area (Å²) in [5.41, 5.74) is 8.13. The van der Waals surface area contributed by atoms with Gasteiger partial charge in [-0.15, -0.1) is 0 Å². The van der Waals surface area contributed by atoms with E-state index in [0.717, 1.165) is 24.8 Å². The molecule has 1 saturated heterocycles. The van der Waals surface area contributed by atoms with Crippen molar-refractivity contribution in [2.75, 3.05) is 6.61 Å². The van der Waals surface area contributed by atoms with Crippen LogP contribution in [-0.4, -0.2) is 30.8 Å². The molecule has 3 rings (SSSR count). The molecule has 3 atom stereocenters. The molecular weight excluding hydrogens is 357 g/mol. The van der Waals surface area contributed by atoms with Gasteiger partial charge in [0.05, 0.1) is 6.10 Å². The first-order chi connectivity index (χ1) is 13.4. The molecule has 2 N–H and O–H groups in total. The largest absolute Gasteiger partial charge is 0.461 e. The predicted molar refractivity (Wildman–Crippen MR) is 108 cm³/mol. The molecule has 2 aromatic rings. The van der Waals surface area contributed by atoms with E-state index in [0.29, 0.717) is 13.0 Å². The molecule has 28 heavy (non-hydrogen) atoms. The van der Waals surface area contributed by atoms with Gasteiger partial charge in [-0.1, -0.05) is 48.0 Å². The minimum atomic E-state index is -0.565. The standard InChI is InChI=1S/C16H23NO3.C7H7F/c1-12-11-14(8-7-13-5-3-2-4-6-13)19-10-9-15(17)16(18)20-12;1-6-2-4-7(8)5-3-6/h2-6,12,14-15H,7-11,17H2,1H3;2-5H,1H3/t12?,14?,15-;/m0./s1. The number of carbonyl (C=O) groups is 1. The van der Waals surface area contributed by atoms with Crippen LogP contribution in [0, 0.1) is 12.7 Å². The Morgan fingerprint density at radius 3 is 2.43 bits per heavy atom. The molecule has 4 nitrogen and oxygen atoms in total. The fourth-order valence-electron chi connectivity index (χ4n) is 2.96. The third-order valence-corrected chi connectivity index (χ3v) is 4.61. The van der Waals surface area contributed by atoms with Crippen molar-refractivity contribution in [2.45, 2.75) is 57.8 Å². The maximum absolute atomic E-state index is 12.1. The number of hydrogen-bond donors (Lipinski definition) is 1. The summed E-state index contributed by atoms with van der Waals surface area (Å²) in [4.78, 5) is 11.6. The van der Waals surface area contributed by atoms with Crippen molar-refractivity contribution in [3.05, 3.63) is 71.5 Å². The minimum Gasteiger partial charge on any atom is -0.461 e. The molecule has 5 heteroatoms. The van der Waals surface area contributed by atoms with Crippen molar-refractivity contribution in [3.8, 4) is 0 Å². The van der Waals surface area contributed by atoms with Gasteiger partial charge in [-0.3, -0.25) is 4.79 Å². The first kappa shape index (κ1) is 22.1. The summed E-state index contributed by atoms with van der Waals surface area (Å²) >= 11 is 0. The number of hydrogen-bond acceptors (Lipinski definition) is 4. The molecule has 2 unspecified atom stereocenters. The summed E-state index contributed by atoms with van der Waals surface area (Å²) in [5, 5.41) is 0. The smallest absolute Gasteiger partial charge is 0.323 e. The topological polar surface area (TPSA) is 61.5 Å². The molecule has 2 aromatic carbocycles. The monoisotopic (exact) mass is 387 g/mol. The molecular formula is C23H30FNO3. The van der Waals surface area contributed by atoms with Gasteiger partial charge in [-0.05, 0) is 50.8 Å². The van der Waals surface area contributed by atoms with Crippen LogP contribution in [-0.2, 0) is 20.7 Å². The first-order valence-electron chi connectivity index (χ1n) is 9.78. The Morgan fingerprint density at radius 1 is 1.11 bits per heavy atom. The molecule has 0 saturated carbocycles. The number of aryl methyl sites for hydroxylation is 2. The Labute approximate surface area is 166 Å². The van der Waals surface area contributed by atoms with Crippen LogP contribution >= 0.6 is 0 Å². The molecule has 1 fully saturated rings. The highest BCUT2D eigenvalue weighted by atomic mass is 19.1. The Kier molecular flexibility index (Phi) is 9.11. The van der Waals surface area contributed by atoms with Crippen LogP contribution in [0.2, 0.25) is 0 Å². The highest BCUT2D eigenvalue weighted by Crippen LogP contribution is 2.16. The molecule has 0 aromatic heterocycles. The number of halogens is 1. The Morgan fingerprint density at radius 2 is 1.79 bits per heavy atom. The first-order valence-corrected chi connectivity index (χ1v) is 9.78. The van der Waals surface area contributed by atoms with Crippen LogP contribution in [0.1, 0.15) is 37.3 Å². The van der Waals surface area contributed by atoms with Crippen LogP contribution in [0.3, 0.4) is 0 Å². The zero-order valence-corrected chi connectivity index (χ0v) is 16.6. The summed E-state index contributed by atoms with van der Waals surface area (Å²) < 4.78 is 23.3. The van der Waals surface area contributed by atoms with Crippen molar-refractivity contribution in [2.24, 2.45) is 5.73 Å². The van der Waals surface area contributed by atoms with Crippen molar-refractivity contribution in [3.63, 3.8) is 0 Å². The number of benzene rings is 2. The molecule has 0 aliphatic carbocycles. The van der Waals surface area contributed by atoms with Crippen molar-refractivity contribution >= 4 is 5.97 Å². The lowest BCUT2D eigenvalue weighted by atomic mass is 10.0. The second-order valence-corrected chi connectivity index (χ2v) is 7.19. The van der Waals surface area contributed by atoms with Gasteiger partial charge in [-0.2, -0.15) is 0 Å². The third-order valence-electron chi connectivity index (χ3n) is 4.61. The molecule has 0 amide bonds. The molecule has 1 aliphatic rings. The number of ether oxygens (including phenoxy) is 2. The lowest BCUT2D eigenvalue weighted by molar-refractivity contribution is -0.150. The summed E-state index contributed by atoms with van der Waals surface area (Å²) in [6.45, 7) is 4.34. The average molecular weight is 387 g/mol. The molecule has 0 spiro atoms. The van der Waals surface area contributed by atoms with E-state index in [2.05, 4.69) is 12.1 Å². The maximum atomic E-state index is 12.1. The molecule has 0 bridgehead atoms. The van der Waals surface area contributed by atoms with E-state index in [4.69, 9.17) is 15.2 Å². The molecule has 0 radical (unpaired) electrons. The molecule has 1 aliphatic heterocycles. The highest BCUT2D eigenvalue weighted by molar-refractivity contribution is 5.75. The second-order valence-electron chi connectivity index (χ2n) is 7.19. The Balaban J connectivity index is 0.000000292. The van der Waals surface area contributed by atoms with Crippen LogP contribution in [0.25, 0.3) is 0 Å². The van der Waals surface area contributed by atoms with Gasteiger partial charge in [0.15, 0.2) is 0 Å². The van der Waals surface area contributed by atoms with E-state index in [1.54, 1.807) is 12.1 Å². The van der Waals surface area contributed by atoms with Gasteiger partial charge in [0.2, 0.25) is 0 Å². The SMILES string of the molecule is CC1CC(CCc2ccccc2)OCC[C@H](N)C(=O)O1.Cc1ccc(F)cc1. The zero-order valence-electron chi connectivity index (χ0n) is 16.6. The van der Waals surface area contributed by atoms with Crippen LogP contribution in [0.15, 0.2) is 54.6 Å². The fourth-order valence-corrected chi connectivity index (χ4v) is 2.96. The van der Waals surface area contributed by atoms with Gasteiger partial charge in [-0.25, -0.2) is 4.39 Å². The van der Waals surface area contributed by atoms with Gasteiger partial charge in [0.1, 0.15) is 18.0 Å². The lowest BCUT2D eigenvalue weighted by Gasteiger charge is -2.20. The maximum Gasteiger partial charge on any atom is 0.323 e. The number of esters is 1. The summed E-state index contributed by atoms with van der Waals surface area (Å²) in [5.74, 6) is -0.486. The summed E-state index contributed by atoms with van der Waals surface area (Å²) in [6.07, 6.45) is 3.12. The normalized spacial score (nSPS) is 22.7. The van der Waals surface area contributed by atoms with Crippen LogP contribution < -0.4 is 5.73 Å². The quantitative estimate of drug-likeness (QED) is 0.802. The summed E-state index contributed by atoms with van der Waals surface area (Å²) in [6, 6.07) is 16.2. The van der Waals surface area contributed by atoms with Gasteiger partial charge in [0, 0.05) is 13.0 Å². The number of rotatable bonds is 3. The predicted octanol–water partition coefficient (Wildman–Crippen LogP) is 4.19. The highest BCUT2D eigenvalue weighted by Gasteiger charge is 2.24. The Hall–Kier alpha value is -2.24. The third kappa shape index (κ3) is 8.19. The minimum absolute atomic E-state index is 0.114. The number of cyclic esters (lactones) is 1. The van der Waals surface area contributed by atoms with Crippen molar-refractivity contribution in [1.29, 1.82) is 0 Å². The lowest BCUT2D eigenvalue weighted by Crippen LogP contribution is -2.34. The molecule has 1 heterocycles.